The van der Waals surface area contributed by atoms with Crippen LogP contribution in [0.4, 0.5) is 5.69 Å². The van der Waals surface area contributed by atoms with E-state index < -0.39 is 0 Å². The van der Waals surface area contributed by atoms with Gasteiger partial charge < -0.3 is 15.2 Å². The Morgan fingerprint density at radius 1 is 1.12 bits per heavy atom. The van der Waals surface area contributed by atoms with E-state index in [-0.39, 0.29) is 11.7 Å². The summed E-state index contributed by atoms with van der Waals surface area (Å²) in [7, 11) is 1.57. The Morgan fingerprint density at radius 3 is 2.56 bits per heavy atom. The van der Waals surface area contributed by atoms with E-state index in [1.807, 2.05) is 32.0 Å². The topological polar surface area (TPSA) is 71.5 Å². The number of hydrogen-bond acceptors (Lipinski definition) is 4. The molecule has 0 radical (unpaired) electrons. The summed E-state index contributed by atoms with van der Waals surface area (Å²) in [6.07, 6.45) is 0. The molecule has 0 atom stereocenters. The average Bonchev–Trinajstić information content (AvgIpc) is 2.55. The van der Waals surface area contributed by atoms with Crippen LogP contribution in [0.1, 0.15) is 18.1 Å². The highest BCUT2D eigenvalue weighted by atomic mass is 16.5. The van der Waals surface area contributed by atoms with Crippen molar-refractivity contribution in [2.45, 2.75) is 20.8 Å². The fourth-order valence-corrected chi connectivity index (χ4v) is 2.97. The number of phenolic OH excluding ortho intramolecular Hbond substituents is 1. The van der Waals surface area contributed by atoms with Gasteiger partial charge in [0.25, 0.3) is 0 Å². The normalized spacial score (nSPS) is 10.7. The number of anilines is 1. The number of methoxy groups -OCH3 is 1. The molecule has 0 saturated heterocycles. The van der Waals surface area contributed by atoms with Crippen molar-refractivity contribution in [1.82, 2.24) is 4.98 Å². The summed E-state index contributed by atoms with van der Waals surface area (Å²) in [6, 6.07) is 10.8. The first-order valence-corrected chi connectivity index (χ1v) is 7.96. The number of nitrogens with zero attached hydrogens (tertiary/aromatic N) is 1. The maximum absolute atomic E-state index is 11.3. The minimum Gasteiger partial charge on any atom is -0.508 e. The first kappa shape index (κ1) is 16.8. The van der Waals surface area contributed by atoms with Crippen LogP contribution < -0.4 is 10.1 Å². The van der Waals surface area contributed by atoms with Crippen molar-refractivity contribution in [3.63, 3.8) is 0 Å². The molecule has 128 valence electrons. The van der Waals surface area contributed by atoms with Crippen LogP contribution in [0.2, 0.25) is 0 Å². The number of carbonyl (C=O) groups excluding carboxylic acids is 1. The standard InChI is InChI=1S/C20H20N2O3/c1-11-8-18(16-6-5-15(24)10-19(16)25-4)22-20-12(2)7-14(9-17(11)20)21-13(3)23/h5-10,24H,1-4H3,(H,21,23). The zero-order valence-corrected chi connectivity index (χ0v) is 14.7. The van der Waals surface area contributed by atoms with Crippen molar-refractivity contribution >= 4 is 22.5 Å². The molecule has 2 aromatic carbocycles. The molecule has 0 aliphatic carbocycles. The number of aryl methyl sites for hydroxylation is 2. The van der Waals surface area contributed by atoms with Gasteiger partial charge in [-0.1, -0.05) is 0 Å². The minimum atomic E-state index is -0.102. The summed E-state index contributed by atoms with van der Waals surface area (Å²) in [4.78, 5) is 16.1. The third-order valence-electron chi connectivity index (χ3n) is 4.09. The highest BCUT2D eigenvalue weighted by Gasteiger charge is 2.13. The first-order valence-electron chi connectivity index (χ1n) is 7.96. The fourth-order valence-electron chi connectivity index (χ4n) is 2.97. The quantitative estimate of drug-likeness (QED) is 0.752. The van der Waals surface area contributed by atoms with Crippen molar-refractivity contribution in [3.8, 4) is 22.8 Å². The highest BCUT2D eigenvalue weighted by molar-refractivity contribution is 5.95. The molecule has 0 bridgehead atoms. The van der Waals surface area contributed by atoms with Crippen LogP contribution in [0.15, 0.2) is 36.4 Å². The number of carbonyl (C=O) groups is 1. The Hall–Kier alpha value is -3.08. The highest BCUT2D eigenvalue weighted by Crippen LogP contribution is 2.35. The maximum atomic E-state index is 11.3. The van der Waals surface area contributed by atoms with Gasteiger partial charge in [-0.3, -0.25) is 4.79 Å². The lowest BCUT2D eigenvalue weighted by molar-refractivity contribution is -0.114. The monoisotopic (exact) mass is 336 g/mol. The molecular formula is C20H20N2O3. The van der Waals surface area contributed by atoms with Crippen LogP contribution in [0.25, 0.3) is 22.2 Å². The van der Waals surface area contributed by atoms with Crippen LogP contribution in [0.5, 0.6) is 11.5 Å². The summed E-state index contributed by atoms with van der Waals surface area (Å²) in [6.45, 7) is 5.47. The van der Waals surface area contributed by atoms with Gasteiger partial charge in [0.1, 0.15) is 11.5 Å². The number of aromatic hydroxyl groups is 1. The van der Waals surface area contributed by atoms with Gasteiger partial charge in [-0.05, 0) is 55.3 Å². The molecule has 0 aliphatic rings. The zero-order chi connectivity index (χ0) is 18.1. The molecule has 0 fully saturated rings. The largest absolute Gasteiger partial charge is 0.508 e. The number of fused-ring (bicyclic) bond motifs is 1. The van der Waals surface area contributed by atoms with E-state index in [0.29, 0.717) is 5.75 Å². The van der Waals surface area contributed by atoms with E-state index in [1.165, 1.54) is 6.92 Å². The number of phenols is 1. The molecule has 2 N–H and O–H groups in total. The summed E-state index contributed by atoms with van der Waals surface area (Å²) >= 11 is 0. The van der Waals surface area contributed by atoms with E-state index in [1.54, 1.807) is 25.3 Å². The van der Waals surface area contributed by atoms with E-state index in [0.717, 1.165) is 39.0 Å². The van der Waals surface area contributed by atoms with Gasteiger partial charge in [0.15, 0.2) is 0 Å². The van der Waals surface area contributed by atoms with Gasteiger partial charge in [0, 0.05) is 29.6 Å². The molecule has 5 nitrogen and oxygen atoms in total. The lowest BCUT2D eigenvalue weighted by atomic mass is 10.0. The Kier molecular flexibility index (Phi) is 4.31. The molecular weight excluding hydrogens is 316 g/mol. The molecule has 3 rings (SSSR count). The molecule has 0 spiro atoms. The third kappa shape index (κ3) is 3.26. The van der Waals surface area contributed by atoms with Gasteiger partial charge in [-0.2, -0.15) is 0 Å². The van der Waals surface area contributed by atoms with Gasteiger partial charge in [0.05, 0.1) is 18.3 Å². The fraction of sp³-hybridized carbons (Fsp3) is 0.200. The first-order chi connectivity index (χ1) is 11.9. The van der Waals surface area contributed by atoms with E-state index in [2.05, 4.69) is 5.32 Å². The van der Waals surface area contributed by atoms with Crippen molar-refractivity contribution in [1.29, 1.82) is 0 Å². The van der Waals surface area contributed by atoms with Gasteiger partial charge >= 0.3 is 0 Å². The molecule has 5 heteroatoms. The molecule has 0 unspecified atom stereocenters. The number of benzene rings is 2. The number of nitrogens with one attached hydrogen (secondary N) is 1. The third-order valence-corrected chi connectivity index (χ3v) is 4.09. The number of rotatable bonds is 3. The van der Waals surface area contributed by atoms with E-state index >= 15 is 0 Å². The Bertz CT molecular complexity index is 980. The summed E-state index contributed by atoms with van der Waals surface area (Å²) in [5, 5.41) is 13.5. The molecule has 1 heterocycles. The lowest BCUT2D eigenvalue weighted by Gasteiger charge is -2.13. The number of aromatic nitrogens is 1. The van der Waals surface area contributed by atoms with Gasteiger partial charge in [0.2, 0.25) is 5.91 Å². The molecule has 1 amide bonds. The number of amides is 1. The summed E-state index contributed by atoms with van der Waals surface area (Å²) < 4.78 is 5.38. The van der Waals surface area contributed by atoms with Gasteiger partial charge in [-0.15, -0.1) is 0 Å². The smallest absolute Gasteiger partial charge is 0.221 e. The predicted octanol–water partition coefficient (Wildman–Crippen LogP) is 4.19. The van der Waals surface area contributed by atoms with Crippen LogP contribution in [-0.2, 0) is 4.79 Å². The minimum absolute atomic E-state index is 0.102. The van der Waals surface area contributed by atoms with E-state index in [4.69, 9.17) is 9.72 Å². The van der Waals surface area contributed by atoms with Crippen LogP contribution >= 0.6 is 0 Å². The zero-order valence-electron chi connectivity index (χ0n) is 14.7. The predicted molar refractivity (Wildman–Crippen MR) is 99.2 cm³/mol. The Labute approximate surface area is 146 Å². The average molecular weight is 336 g/mol. The molecule has 0 saturated carbocycles. The van der Waals surface area contributed by atoms with Gasteiger partial charge in [-0.25, -0.2) is 4.98 Å². The lowest BCUT2D eigenvalue weighted by Crippen LogP contribution is -2.06. The second-order valence-electron chi connectivity index (χ2n) is 6.08. The second kappa shape index (κ2) is 6.43. The van der Waals surface area contributed by atoms with Crippen LogP contribution in [-0.4, -0.2) is 23.1 Å². The SMILES string of the molecule is COc1cc(O)ccc1-c1cc(C)c2cc(NC(C)=O)cc(C)c2n1. The second-order valence-corrected chi connectivity index (χ2v) is 6.08. The number of hydrogen-bond donors (Lipinski definition) is 2. The molecule has 0 aliphatic heterocycles. The van der Waals surface area contributed by atoms with Crippen molar-refractivity contribution < 1.29 is 14.6 Å². The van der Waals surface area contributed by atoms with Crippen LogP contribution in [0, 0.1) is 13.8 Å². The van der Waals surface area contributed by atoms with E-state index in [9.17, 15) is 9.90 Å². The van der Waals surface area contributed by atoms with Crippen LogP contribution in [0.3, 0.4) is 0 Å². The Morgan fingerprint density at radius 2 is 1.88 bits per heavy atom. The molecule has 1 aromatic heterocycles. The Balaban J connectivity index is 2.20. The molecule has 3 aromatic rings. The van der Waals surface area contributed by atoms with Crippen molar-refractivity contribution in [3.05, 3.63) is 47.5 Å². The summed E-state index contributed by atoms with van der Waals surface area (Å²) in [5.41, 5.74) is 5.25. The van der Waals surface area contributed by atoms with Crippen molar-refractivity contribution in [2.75, 3.05) is 12.4 Å². The summed E-state index contributed by atoms with van der Waals surface area (Å²) in [5.74, 6) is 0.614. The molecule has 25 heavy (non-hydrogen) atoms. The number of ether oxygens (including phenoxy) is 1. The number of pyridine rings is 1. The van der Waals surface area contributed by atoms with Crippen molar-refractivity contribution in [2.24, 2.45) is 0 Å². The maximum Gasteiger partial charge on any atom is 0.221 e.